The molecule has 2 fully saturated rings. The summed E-state index contributed by atoms with van der Waals surface area (Å²) in [5, 5.41) is 7.50. The normalized spacial score (nSPS) is 21.6. The minimum Gasteiger partial charge on any atom is -0.331 e. The Balaban J connectivity index is 1.44. The second-order valence-corrected chi connectivity index (χ2v) is 7.90. The molecule has 1 aromatic heterocycles. The number of amides is 2. The molecule has 2 aromatic rings. The molecule has 1 aliphatic carbocycles. The first kappa shape index (κ1) is 18.0. The van der Waals surface area contributed by atoms with Crippen LogP contribution in [0.4, 0.5) is 9.18 Å². The van der Waals surface area contributed by atoms with Crippen molar-refractivity contribution >= 4 is 6.03 Å². The van der Waals surface area contributed by atoms with Crippen molar-refractivity contribution in [2.45, 2.75) is 44.1 Å². The molecule has 1 aromatic carbocycles. The number of benzene rings is 1. The van der Waals surface area contributed by atoms with Crippen LogP contribution in [0.3, 0.4) is 0 Å². The highest BCUT2D eigenvalue weighted by molar-refractivity contribution is 5.75. The van der Waals surface area contributed by atoms with E-state index in [4.69, 9.17) is 0 Å². The van der Waals surface area contributed by atoms with E-state index in [1.165, 1.54) is 30.5 Å². The topological polar surface area (TPSA) is 50.2 Å². The van der Waals surface area contributed by atoms with E-state index in [1.807, 2.05) is 29.0 Å². The number of hydrogen-bond acceptors (Lipinski definition) is 2. The molecule has 0 spiro atoms. The minimum absolute atomic E-state index is 0.0115. The van der Waals surface area contributed by atoms with Crippen LogP contribution in [0, 0.1) is 11.7 Å². The monoisotopic (exact) mass is 370 g/mol. The van der Waals surface area contributed by atoms with Crippen LogP contribution in [0.1, 0.15) is 55.2 Å². The maximum absolute atomic E-state index is 13.3. The van der Waals surface area contributed by atoms with Crippen molar-refractivity contribution in [3.8, 4) is 0 Å². The summed E-state index contributed by atoms with van der Waals surface area (Å²) in [5.74, 6) is 0.533. The number of rotatable bonds is 4. The van der Waals surface area contributed by atoms with E-state index in [1.54, 1.807) is 12.1 Å². The van der Waals surface area contributed by atoms with Crippen LogP contribution in [0.5, 0.6) is 0 Å². The van der Waals surface area contributed by atoms with Gasteiger partial charge in [0.25, 0.3) is 0 Å². The number of aromatic nitrogens is 2. The lowest BCUT2D eigenvalue weighted by atomic mass is 9.91. The van der Waals surface area contributed by atoms with E-state index in [2.05, 4.69) is 10.4 Å². The quantitative estimate of drug-likeness (QED) is 0.885. The maximum atomic E-state index is 13.3. The van der Waals surface area contributed by atoms with Gasteiger partial charge in [0.1, 0.15) is 5.82 Å². The molecule has 1 saturated carbocycles. The molecule has 2 aliphatic rings. The summed E-state index contributed by atoms with van der Waals surface area (Å²) in [6.45, 7) is 1.48. The van der Waals surface area contributed by atoms with Crippen LogP contribution in [-0.4, -0.2) is 33.8 Å². The summed E-state index contributed by atoms with van der Waals surface area (Å²) >= 11 is 0. The zero-order chi connectivity index (χ0) is 18.8. The molecule has 144 valence electrons. The van der Waals surface area contributed by atoms with Gasteiger partial charge >= 0.3 is 6.03 Å². The molecule has 1 N–H and O–H groups in total. The molecule has 1 aliphatic heterocycles. The number of carbonyl (C=O) groups excluding carboxylic acids is 1. The zero-order valence-corrected chi connectivity index (χ0v) is 15.8. The fourth-order valence-electron chi connectivity index (χ4n) is 4.53. The lowest BCUT2D eigenvalue weighted by molar-refractivity contribution is 0.198. The summed E-state index contributed by atoms with van der Waals surface area (Å²) in [6, 6.07) is 6.53. The molecule has 0 radical (unpaired) electrons. The number of carbonyl (C=O) groups is 1. The summed E-state index contributed by atoms with van der Waals surface area (Å²) in [4.78, 5) is 14.9. The average Bonchev–Trinajstić information content (AvgIpc) is 3.41. The molecule has 2 atom stereocenters. The van der Waals surface area contributed by atoms with Crippen LogP contribution in [0.25, 0.3) is 0 Å². The fraction of sp³-hybridized carbons (Fsp3) is 0.524. The Bertz CT molecular complexity index is 782. The third-order valence-corrected chi connectivity index (χ3v) is 6.05. The summed E-state index contributed by atoms with van der Waals surface area (Å²) in [5.41, 5.74) is 2.19. The molecule has 5 nitrogen and oxygen atoms in total. The summed E-state index contributed by atoms with van der Waals surface area (Å²) in [6.07, 6.45) is 9.51. The molecular weight excluding hydrogens is 343 g/mol. The maximum Gasteiger partial charge on any atom is 0.317 e. The smallest absolute Gasteiger partial charge is 0.317 e. The van der Waals surface area contributed by atoms with E-state index in [9.17, 15) is 9.18 Å². The standard InChI is InChI=1S/C21H27FN4O/c1-25-13-18(12-23-25)17-10-11-26(14-17)21(27)24-20(15-4-2-3-5-15)16-6-8-19(22)9-7-16/h6-9,12-13,15,17,20H,2-5,10-11,14H2,1H3,(H,24,27). The molecule has 0 bridgehead atoms. The van der Waals surface area contributed by atoms with E-state index in [0.717, 1.165) is 37.9 Å². The summed E-state index contributed by atoms with van der Waals surface area (Å²) in [7, 11) is 1.91. The van der Waals surface area contributed by atoms with E-state index < -0.39 is 0 Å². The summed E-state index contributed by atoms with van der Waals surface area (Å²) < 4.78 is 15.1. The molecule has 2 amide bonds. The largest absolute Gasteiger partial charge is 0.331 e. The van der Waals surface area contributed by atoms with Gasteiger partial charge < -0.3 is 10.2 Å². The fourth-order valence-corrected chi connectivity index (χ4v) is 4.53. The second-order valence-electron chi connectivity index (χ2n) is 7.90. The van der Waals surface area contributed by atoms with Gasteiger partial charge in [0.05, 0.1) is 12.2 Å². The van der Waals surface area contributed by atoms with Crippen LogP contribution < -0.4 is 5.32 Å². The number of likely N-dealkylation sites (tertiary alicyclic amines) is 1. The van der Waals surface area contributed by atoms with Gasteiger partial charge in [0.15, 0.2) is 0 Å². The van der Waals surface area contributed by atoms with Gasteiger partial charge in [0.2, 0.25) is 0 Å². The van der Waals surface area contributed by atoms with E-state index >= 15 is 0 Å². The van der Waals surface area contributed by atoms with Gasteiger partial charge in [-0.1, -0.05) is 25.0 Å². The Morgan fingerprint density at radius 3 is 2.63 bits per heavy atom. The van der Waals surface area contributed by atoms with Gasteiger partial charge in [-0.15, -0.1) is 0 Å². The lowest BCUT2D eigenvalue weighted by Crippen LogP contribution is -2.42. The number of halogens is 1. The SMILES string of the molecule is Cn1cc(C2CCN(C(=O)NC(c3ccc(F)cc3)C3CCCC3)C2)cn1. The molecule has 1 saturated heterocycles. The predicted molar refractivity (Wildman–Crippen MR) is 102 cm³/mol. The molecule has 4 rings (SSSR count). The van der Waals surface area contributed by atoms with Crippen molar-refractivity contribution in [2.24, 2.45) is 13.0 Å². The Labute approximate surface area is 159 Å². The number of nitrogens with zero attached hydrogens (tertiary/aromatic N) is 3. The van der Waals surface area contributed by atoms with E-state index in [0.29, 0.717) is 11.8 Å². The first-order chi connectivity index (χ1) is 13.1. The first-order valence-electron chi connectivity index (χ1n) is 9.89. The van der Waals surface area contributed by atoms with Gasteiger partial charge in [-0.2, -0.15) is 5.10 Å². The minimum atomic E-state index is -0.242. The van der Waals surface area contributed by atoms with Gasteiger partial charge in [-0.05, 0) is 48.4 Å². The van der Waals surface area contributed by atoms with Gasteiger partial charge in [0, 0.05) is 32.3 Å². The van der Waals surface area contributed by atoms with Crippen molar-refractivity contribution in [3.63, 3.8) is 0 Å². The van der Waals surface area contributed by atoms with Crippen molar-refractivity contribution in [1.29, 1.82) is 0 Å². The average molecular weight is 370 g/mol. The lowest BCUT2D eigenvalue weighted by Gasteiger charge is -2.28. The van der Waals surface area contributed by atoms with Crippen LogP contribution in [0.15, 0.2) is 36.7 Å². The van der Waals surface area contributed by atoms with Crippen molar-refractivity contribution in [3.05, 3.63) is 53.6 Å². The zero-order valence-electron chi connectivity index (χ0n) is 15.8. The Morgan fingerprint density at radius 1 is 1.22 bits per heavy atom. The van der Waals surface area contributed by atoms with E-state index in [-0.39, 0.29) is 17.9 Å². The van der Waals surface area contributed by atoms with Crippen LogP contribution in [-0.2, 0) is 7.05 Å². The number of nitrogens with one attached hydrogen (secondary N) is 1. The molecule has 6 heteroatoms. The van der Waals surface area contributed by atoms with Crippen molar-refractivity contribution in [1.82, 2.24) is 20.0 Å². The number of aryl methyl sites for hydroxylation is 1. The van der Waals surface area contributed by atoms with Crippen molar-refractivity contribution in [2.75, 3.05) is 13.1 Å². The molecule has 2 unspecified atom stereocenters. The van der Waals surface area contributed by atoms with Gasteiger partial charge in [-0.3, -0.25) is 4.68 Å². The van der Waals surface area contributed by atoms with Crippen LogP contribution in [0.2, 0.25) is 0 Å². The van der Waals surface area contributed by atoms with Crippen LogP contribution >= 0.6 is 0 Å². The van der Waals surface area contributed by atoms with Gasteiger partial charge in [-0.25, -0.2) is 9.18 Å². The number of urea groups is 1. The number of hydrogen-bond donors (Lipinski definition) is 1. The third kappa shape index (κ3) is 3.99. The molecular formula is C21H27FN4O. The van der Waals surface area contributed by atoms with Crippen molar-refractivity contribution < 1.29 is 9.18 Å². The Hall–Kier alpha value is -2.37. The first-order valence-corrected chi connectivity index (χ1v) is 9.89. The third-order valence-electron chi connectivity index (χ3n) is 6.05. The Kier molecular flexibility index (Phi) is 5.14. The highest BCUT2D eigenvalue weighted by Crippen LogP contribution is 2.36. The highest BCUT2D eigenvalue weighted by Gasteiger charge is 2.32. The Morgan fingerprint density at radius 2 is 1.96 bits per heavy atom. The second kappa shape index (κ2) is 7.71. The molecule has 27 heavy (non-hydrogen) atoms. The highest BCUT2D eigenvalue weighted by atomic mass is 19.1. The molecule has 2 heterocycles. The predicted octanol–water partition coefficient (Wildman–Crippen LogP) is 3.99.